The van der Waals surface area contributed by atoms with Crippen LogP contribution in [0.3, 0.4) is 0 Å². The SMILES string of the molecule is COC(=O)Nc1ccc2c(-c3nc(N[C@H]4CCCN(C(=O)OC(C)(C)C)C4)ncc3Cl)c[nH]c2c1Br. The van der Waals surface area contributed by atoms with Crippen molar-refractivity contribution in [3.63, 3.8) is 0 Å². The summed E-state index contributed by atoms with van der Waals surface area (Å²) < 4.78 is 10.9. The van der Waals surface area contributed by atoms with Gasteiger partial charge < -0.3 is 24.7 Å². The predicted molar refractivity (Wildman–Crippen MR) is 143 cm³/mol. The number of halogens is 2. The summed E-state index contributed by atoms with van der Waals surface area (Å²) in [5.41, 5.74) is 2.12. The van der Waals surface area contributed by atoms with Crippen LogP contribution in [0, 0.1) is 0 Å². The van der Waals surface area contributed by atoms with E-state index in [1.807, 2.05) is 26.8 Å². The first-order valence-electron chi connectivity index (χ1n) is 11.5. The number of likely N-dealkylation sites (tertiary alicyclic amines) is 1. The Kier molecular flexibility index (Phi) is 7.60. The molecule has 1 aliphatic heterocycles. The maximum Gasteiger partial charge on any atom is 0.411 e. The van der Waals surface area contributed by atoms with Gasteiger partial charge in [0.1, 0.15) is 5.60 Å². The van der Waals surface area contributed by atoms with Crippen LogP contribution in [0.25, 0.3) is 22.2 Å². The fourth-order valence-electron chi connectivity index (χ4n) is 4.01. The molecule has 0 aliphatic carbocycles. The Morgan fingerprint density at radius 1 is 1.31 bits per heavy atom. The third kappa shape index (κ3) is 5.84. The zero-order chi connectivity index (χ0) is 26.0. The van der Waals surface area contributed by atoms with Crippen molar-refractivity contribution in [3.05, 3.63) is 34.0 Å². The molecule has 0 unspecified atom stereocenters. The Balaban J connectivity index is 1.55. The van der Waals surface area contributed by atoms with Gasteiger partial charge in [0.25, 0.3) is 0 Å². The minimum absolute atomic E-state index is 0.0237. The first-order chi connectivity index (χ1) is 17.1. The average molecular weight is 580 g/mol. The molecule has 10 nitrogen and oxygen atoms in total. The molecule has 36 heavy (non-hydrogen) atoms. The minimum atomic E-state index is -0.565. The number of rotatable bonds is 4. The van der Waals surface area contributed by atoms with Gasteiger partial charge >= 0.3 is 12.2 Å². The molecule has 0 bridgehead atoms. The molecular formula is C24H28BrClN6O4. The second kappa shape index (κ2) is 10.5. The van der Waals surface area contributed by atoms with Crippen molar-refractivity contribution in [2.45, 2.75) is 45.3 Å². The minimum Gasteiger partial charge on any atom is -0.453 e. The van der Waals surface area contributed by atoms with Gasteiger partial charge in [-0.1, -0.05) is 17.7 Å². The Hall–Kier alpha value is -3.05. The van der Waals surface area contributed by atoms with Crippen LogP contribution in [0.4, 0.5) is 21.2 Å². The molecule has 12 heteroatoms. The Labute approximate surface area is 222 Å². The third-order valence-electron chi connectivity index (χ3n) is 5.62. The Morgan fingerprint density at radius 3 is 2.81 bits per heavy atom. The number of nitrogens with zero attached hydrogens (tertiary/aromatic N) is 3. The molecule has 0 radical (unpaired) electrons. The lowest BCUT2D eigenvalue weighted by Crippen LogP contribution is -2.47. The predicted octanol–water partition coefficient (Wildman–Crippen LogP) is 6.03. The summed E-state index contributed by atoms with van der Waals surface area (Å²) in [7, 11) is 1.31. The molecule has 0 spiro atoms. The van der Waals surface area contributed by atoms with Crippen molar-refractivity contribution in [3.8, 4) is 11.3 Å². The molecule has 4 rings (SSSR count). The van der Waals surface area contributed by atoms with Crippen LogP contribution in [0.5, 0.6) is 0 Å². The second-order valence-electron chi connectivity index (χ2n) is 9.47. The van der Waals surface area contributed by atoms with E-state index in [9.17, 15) is 9.59 Å². The van der Waals surface area contributed by atoms with Crippen LogP contribution < -0.4 is 10.6 Å². The average Bonchev–Trinajstić information content (AvgIpc) is 3.26. The lowest BCUT2D eigenvalue weighted by Gasteiger charge is -2.34. The van der Waals surface area contributed by atoms with Gasteiger partial charge in [-0.3, -0.25) is 5.32 Å². The van der Waals surface area contributed by atoms with E-state index in [1.54, 1.807) is 23.4 Å². The van der Waals surface area contributed by atoms with Gasteiger partial charge in [0, 0.05) is 36.3 Å². The summed E-state index contributed by atoms with van der Waals surface area (Å²) in [5.74, 6) is 0.419. The molecule has 1 saturated heterocycles. The normalized spacial score (nSPS) is 16.1. The number of aromatic amines is 1. The monoisotopic (exact) mass is 578 g/mol. The molecule has 1 aromatic carbocycles. The lowest BCUT2D eigenvalue weighted by molar-refractivity contribution is 0.0206. The van der Waals surface area contributed by atoms with Crippen LogP contribution in [-0.2, 0) is 9.47 Å². The maximum absolute atomic E-state index is 12.5. The van der Waals surface area contributed by atoms with E-state index in [2.05, 4.69) is 46.3 Å². The number of carbonyl (C=O) groups is 2. The highest BCUT2D eigenvalue weighted by Gasteiger charge is 2.28. The van der Waals surface area contributed by atoms with Crippen molar-refractivity contribution < 1.29 is 19.1 Å². The number of hydrogen-bond donors (Lipinski definition) is 3. The largest absolute Gasteiger partial charge is 0.453 e. The highest BCUT2D eigenvalue weighted by Crippen LogP contribution is 2.38. The number of carbonyl (C=O) groups excluding carboxylic acids is 2. The summed E-state index contributed by atoms with van der Waals surface area (Å²) >= 11 is 10.0. The fraction of sp³-hybridized carbons (Fsp3) is 0.417. The van der Waals surface area contributed by atoms with E-state index >= 15 is 0 Å². The van der Waals surface area contributed by atoms with Crippen molar-refractivity contribution in [2.24, 2.45) is 0 Å². The molecule has 0 saturated carbocycles. The summed E-state index contributed by atoms with van der Waals surface area (Å²) in [6.07, 6.45) is 4.19. The zero-order valence-electron chi connectivity index (χ0n) is 20.4. The van der Waals surface area contributed by atoms with E-state index in [4.69, 9.17) is 16.3 Å². The highest BCUT2D eigenvalue weighted by atomic mass is 79.9. The maximum atomic E-state index is 12.5. The van der Waals surface area contributed by atoms with Crippen molar-refractivity contribution in [1.29, 1.82) is 0 Å². The number of anilines is 2. The molecular weight excluding hydrogens is 552 g/mol. The van der Waals surface area contributed by atoms with E-state index in [0.717, 1.165) is 29.3 Å². The van der Waals surface area contributed by atoms with Crippen LogP contribution in [0.15, 0.2) is 29.0 Å². The quantitative estimate of drug-likeness (QED) is 0.345. The van der Waals surface area contributed by atoms with Crippen LogP contribution in [-0.4, -0.2) is 63.9 Å². The van der Waals surface area contributed by atoms with E-state index in [1.165, 1.54) is 7.11 Å². The molecule has 3 heterocycles. The van der Waals surface area contributed by atoms with Crippen LogP contribution in [0.2, 0.25) is 5.02 Å². The number of piperidine rings is 1. The van der Waals surface area contributed by atoms with Gasteiger partial charge in [-0.25, -0.2) is 19.6 Å². The van der Waals surface area contributed by atoms with Gasteiger partial charge in [-0.15, -0.1) is 0 Å². The Bertz CT molecular complexity index is 1290. The Morgan fingerprint density at radius 2 is 2.08 bits per heavy atom. The van der Waals surface area contributed by atoms with Gasteiger partial charge in [-0.2, -0.15) is 0 Å². The molecule has 3 aromatic rings. The fourth-order valence-corrected chi connectivity index (χ4v) is 4.76. The summed E-state index contributed by atoms with van der Waals surface area (Å²) in [6, 6.07) is 3.61. The number of fused-ring (bicyclic) bond motifs is 1. The molecule has 2 amide bonds. The number of benzene rings is 1. The molecule has 192 valence electrons. The summed E-state index contributed by atoms with van der Waals surface area (Å²) in [4.78, 5) is 38.1. The number of aromatic nitrogens is 3. The van der Waals surface area contributed by atoms with E-state index in [0.29, 0.717) is 39.9 Å². The van der Waals surface area contributed by atoms with Gasteiger partial charge in [0.05, 0.1) is 39.7 Å². The van der Waals surface area contributed by atoms with Crippen molar-refractivity contribution in [2.75, 3.05) is 30.8 Å². The first kappa shape index (κ1) is 26.0. The standard InChI is InChI=1S/C24H28BrClN6O4/c1-24(2,3)36-23(34)32-9-5-6-13(12-32)29-21-28-11-16(26)19(31-21)15-10-27-20-14(15)7-8-17(18(20)25)30-22(33)35-4/h7-8,10-11,13,27H,5-6,9,12H2,1-4H3,(H,30,33)(H,28,29,31)/t13-/m0/s1. The number of methoxy groups -OCH3 is 1. The molecule has 3 N–H and O–H groups in total. The van der Waals surface area contributed by atoms with E-state index < -0.39 is 11.7 Å². The summed E-state index contributed by atoms with van der Waals surface area (Å²) in [5, 5.41) is 7.26. The zero-order valence-corrected chi connectivity index (χ0v) is 22.8. The van der Waals surface area contributed by atoms with Crippen LogP contribution >= 0.6 is 27.5 Å². The number of hydrogen-bond acceptors (Lipinski definition) is 7. The number of amides is 2. The number of nitrogens with one attached hydrogen (secondary N) is 3. The van der Waals surface area contributed by atoms with Crippen molar-refractivity contribution in [1.82, 2.24) is 19.9 Å². The van der Waals surface area contributed by atoms with Gasteiger partial charge in [-0.05, 0) is 55.6 Å². The molecule has 1 aliphatic rings. The van der Waals surface area contributed by atoms with E-state index in [-0.39, 0.29) is 12.1 Å². The third-order valence-corrected chi connectivity index (χ3v) is 6.72. The first-order valence-corrected chi connectivity index (χ1v) is 12.6. The molecule has 1 atom stereocenters. The highest BCUT2D eigenvalue weighted by molar-refractivity contribution is 9.10. The number of H-pyrrole nitrogens is 1. The molecule has 1 fully saturated rings. The van der Waals surface area contributed by atoms with Gasteiger partial charge in [0.2, 0.25) is 5.95 Å². The lowest BCUT2D eigenvalue weighted by atomic mass is 10.1. The van der Waals surface area contributed by atoms with Crippen LogP contribution in [0.1, 0.15) is 33.6 Å². The summed E-state index contributed by atoms with van der Waals surface area (Å²) in [6.45, 7) is 6.71. The van der Waals surface area contributed by atoms with Gasteiger partial charge in [0.15, 0.2) is 0 Å². The smallest absolute Gasteiger partial charge is 0.411 e. The second-order valence-corrected chi connectivity index (χ2v) is 10.7. The van der Waals surface area contributed by atoms with Crippen molar-refractivity contribution >= 4 is 62.3 Å². The molecule has 2 aromatic heterocycles. The number of ether oxygens (including phenoxy) is 2. The topological polar surface area (TPSA) is 121 Å².